The predicted molar refractivity (Wildman–Crippen MR) is 128 cm³/mol. The van der Waals surface area contributed by atoms with Crippen LogP contribution in [0.1, 0.15) is 32.5 Å². The maximum absolute atomic E-state index is 4.74. The molecule has 2 heterocycles. The Labute approximate surface area is 186 Å². The number of nitrogens with zero attached hydrogens (tertiary/aromatic N) is 6. The van der Waals surface area contributed by atoms with Gasteiger partial charge in [-0.05, 0) is 38.4 Å². The number of piperazine rings is 1. The predicted octanol–water partition coefficient (Wildman–Crippen LogP) is 2.00. The first-order chi connectivity index (χ1) is 15.3. The molecule has 8 nitrogen and oxygen atoms in total. The van der Waals surface area contributed by atoms with Crippen LogP contribution in [0.3, 0.4) is 0 Å². The van der Waals surface area contributed by atoms with Crippen molar-refractivity contribution >= 4 is 11.6 Å². The summed E-state index contributed by atoms with van der Waals surface area (Å²) in [6.07, 6.45) is 5.00. The molecule has 0 bridgehead atoms. The van der Waals surface area contributed by atoms with Crippen LogP contribution in [0.5, 0.6) is 0 Å². The van der Waals surface area contributed by atoms with Crippen molar-refractivity contribution in [2.75, 3.05) is 57.3 Å². The van der Waals surface area contributed by atoms with E-state index in [-0.39, 0.29) is 0 Å². The monoisotopic (exact) mass is 426 g/mol. The topological polar surface area (TPSA) is 73.6 Å². The van der Waals surface area contributed by atoms with E-state index in [0.29, 0.717) is 0 Å². The number of unbranched alkanes of at least 4 members (excludes halogenated alkanes) is 1. The van der Waals surface area contributed by atoms with Gasteiger partial charge in [0.15, 0.2) is 5.96 Å². The van der Waals surface area contributed by atoms with E-state index in [1.165, 1.54) is 12.1 Å². The smallest absolute Gasteiger partial charge is 0.191 e. The van der Waals surface area contributed by atoms with Crippen LogP contribution in [-0.4, -0.2) is 78.0 Å². The van der Waals surface area contributed by atoms with Gasteiger partial charge in [-0.15, -0.1) is 10.2 Å². The molecule has 1 aromatic heterocycles. The number of guanidine groups is 1. The van der Waals surface area contributed by atoms with Crippen LogP contribution in [-0.2, 0) is 13.0 Å². The van der Waals surface area contributed by atoms with Crippen molar-refractivity contribution in [2.45, 2.75) is 39.7 Å². The van der Waals surface area contributed by atoms with Gasteiger partial charge in [0.2, 0.25) is 0 Å². The standard InChI is InChI=1S/C23H38N8/c1-3-22-28-27-20-31(22)15-13-26-23(24-4-2)25-12-8-9-14-29-16-18-30(19-17-29)21-10-6-5-7-11-21/h5-7,10-11,20H,3-4,8-9,12-19H2,1-2H3,(H2,24,25,26). The molecular formula is C23H38N8. The molecule has 8 heteroatoms. The number of nitrogens with one attached hydrogen (secondary N) is 2. The minimum Gasteiger partial charge on any atom is -0.369 e. The van der Waals surface area contributed by atoms with Gasteiger partial charge in [0, 0.05) is 64.5 Å². The Morgan fingerprint density at radius 2 is 1.81 bits per heavy atom. The highest BCUT2D eigenvalue weighted by molar-refractivity contribution is 5.79. The number of rotatable bonds is 11. The zero-order valence-electron chi connectivity index (χ0n) is 19.1. The van der Waals surface area contributed by atoms with Crippen molar-refractivity contribution in [3.63, 3.8) is 0 Å². The third-order valence-corrected chi connectivity index (χ3v) is 5.65. The lowest BCUT2D eigenvalue weighted by Crippen LogP contribution is -2.46. The van der Waals surface area contributed by atoms with Crippen molar-refractivity contribution in [2.24, 2.45) is 4.99 Å². The Morgan fingerprint density at radius 3 is 2.55 bits per heavy atom. The Kier molecular flexibility index (Phi) is 9.63. The molecule has 170 valence electrons. The number of para-hydroxylation sites is 1. The SMILES string of the molecule is CCNC(=NCCCCN1CCN(c2ccccc2)CC1)NCCn1cnnc1CC. The van der Waals surface area contributed by atoms with Crippen LogP contribution in [0.25, 0.3) is 0 Å². The summed E-state index contributed by atoms with van der Waals surface area (Å²) in [5, 5.41) is 14.9. The normalized spacial score (nSPS) is 15.3. The fourth-order valence-electron chi connectivity index (χ4n) is 3.88. The second-order valence-electron chi connectivity index (χ2n) is 7.85. The Hall–Kier alpha value is -2.61. The molecule has 2 N–H and O–H groups in total. The highest BCUT2D eigenvalue weighted by Gasteiger charge is 2.16. The van der Waals surface area contributed by atoms with Gasteiger partial charge in [0.1, 0.15) is 12.2 Å². The van der Waals surface area contributed by atoms with Crippen LogP contribution in [0.4, 0.5) is 5.69 Å². The molecule has 1 aliphatic heterocycles. The Balaban J connectivity index is 1.30. The minimum absolute atomic E-state index is 0.808. The van der Waals surface area contributed by atoms with E-state index in [1.54, 1.807) is 6.33 Å². The van der Waals surface area contributed by atoms with E-state index in [4.69, 9.17) is 4.99 Å². The average Bonchev–Trinajstić information content (AvgIpc) is 3.27. The summed E-state index contributed by atoms with van der Waals surface area (Å²) in [4.78, 5) is 9.80. The molecule has 31 heavy (non-hydrogen) atoms. The van der Waals surface area contributed by atoms with Gasteiger partial charge in [-0.25, -0.2) is 0 Å². The van der Waals surface area contributed by atoms with Crippen molar-refractivity contribution in [1.29, 1.82) is 0 Å². The maximum atomic E-state index is 4.74. The summed E-state index contributed by atoms with van der Waals surface area (Å²) in [6.45, 7) is 13.2. The lowest BCUT2D eigenvalue weighted by molar-refractivity contribution is 0.253. The summed E-state index contributed by atoms with van der Waals surface area (Å²) in [5.74, 6) is 1.92. The lowest BCUT2D eigenvalue weighted by Gasteiger charge is -2.36. The van der Waals surface area contributed by atoms with Gasteiger partial charge < -0.3 is 20.1 Å². The van der Waals surface area contributed by atoms with Crippen LogP contribution < -0.4 is 15.5 Å². The molecule has 3 rings (SSSR count). The van der Waals surface area contributed by atoms with E-state index in [2.05, 4.69) is 79.4 Å². The molecule has 1 aliphatic rings. The molecule has 0 amide bonds. The van der Waals surface area contributed by atoms with Crippen LogP contribution >= 0.6 is 0 Å². The number of aromatic nitrogens is 3. The lowest BCUT2D eigenvalue weighted by atomic mass is 10.2. The molecule has 1 fully saturated rings. The molecule has 0 atom stereocenters. The first-order valence-corrected chi connectivity index (χ1v) is 11.7. The zero-order chi connectivity index (χ0) is 21.7. The number of anilines is 1. The third-order valence-electron chi connectivity index (χ3n) is 5.65. The van der Waals surface area contributed by atoms with Crippen LogP contribution in [0, 0.1) is 0 Å². The van der Waals surface area contributed by atoms with E-state index >= 15 is 0 Å². The summed E-state index contributed by atoms with van der Waals surface area (Å²) >= 11 is 0. The summed E-state index contributed by atoms with van der Waals surface area (Å²) in [6, 6.07) is 10.7. The highest BCUT2D eigenvalue weighted by atomic mass is 15.3. The first-order valence-electron chi connectivity index (χ1n) is 11.7. The Morgan fingerprint density at radius 1 is 1.00 bits per heavy atom. The molecule has 2 aromatic rings. The first kappa shape index (κ1) is 23.1. The van der Waals surface area contributed by atoms with Crippen molar-refractivity contribution in [3.8, 4) is 0 Å². The number of hydrogen-bond acceptors (Lipinski definition) is 5. The molecule has 0 unspecified atom stereocenters. The van der Waals surface area contributed by atoms with Gasteiger partial charge in [-0.3, -0.25) is 9.89 Å². The fraction of sp³-hybridized carbons (Fsp3) is 0.609. The second-order valence-corrected chi connectivity index (χ2v) is 7.85. The highest BCUT2D eigenvalue weighted by Crippen LogP contribution is 2.15. The molecule has 0 aliphatic carbocycles. The van der Waals surface area contributed by atoms with Gasteiger partial charge in [0.25, 0.3) is 0 Å². The summed E-state index contributed by atoms with van der Waals surface area (Å²) < 4.78 is 2.09. The molecule has 1 saturated heterocycles. The van der Waals surface area contributed by atoms with E-state index in [1.807, 2.05) is 0 Å². The van der Waals surface area contributed by atoms with Gasteiger partial charge in [-0.2, -0.15) is 0 Å². The molecule has 0 radical (unpaired) electrons. The minimum atomic E-state index is 0.808. The fourth-order valence-corrected chi connectivity index (χ4v) is 3.88. The maximum Gasteiger partial charge on any atom is 0.191 e. The number of aliphatic imine (C=N–C) groups is 1. The van der Waals surface area contributed by atoms with Crippen molar-refractivity contribution < 1.29 is 0 Å². The zero-order valence-corrected chi connectivity index (χ0v) is 19.1. The van der Waals surface area contributed by atoms with Gasteiger partial charge in [-0.1, -0.05) is 25.1 Å². The summed E-state index contributed by atoms with van der Waals surface area (Å²) in [7, 11) is 0. The quantitative estimate of drug-likeness (QED) is 0.325. The molecule has 1 aromatic carbocycles. The number of benzene rings is 1. The van der Waals surface area contributed by atoms with Gasteiger partial charge >= 0.3 is 0 Å². The van der Waals surface area contributed by atoms with E-state index < -0.39 is 0 Å². The molecule has 0 spiro atoms. The largest absolute Gasteiger partial charge is 0.369 e. The summed E-state index contributed by atoms with van der Waals surface area (Å²) in [5.41, 5.74) is 1.34. The third kappa shape index (κ3) is 7.54. The van der Waals surface area contributed by atoms with Gasteiger partial charge in [0.05, 0.1) is 0 Å². The van der Waals surface area contributed by atoms with Crippen molar-refractivity contribution in [1.82, 2.24) is 30.3 Å². The number of hydrogen-bond donors (Lipinski definition) is 2. The van der Waals surface area contributed by atoms with E-state index in [9.17, 15) is 0 Å². The van der Waals surface area contributed by atoms with E-state index in [0.717, 1.165) is 83.5 Å². The van der Waals surface area contributed by atoms with Crippen LogP contribution in [0.15, 0.2) is 41.7 Å². The molecular weight excluding hydrogens is 388 g/mol. The molecule has 0 saturated carbocycles. The van der Waals surface area contributed by atoms with Crippen molar-refractivity contribution in [3.05, 3.63) is 42.5 Å². The number of aryl methyl sites for hydroxylation is 1. The second kappa shape index (κ2) is 12.9. The Bertz CT molecular complexity index is 765. The van der Waals surface area contributed by atoms with Crippen LogP contribution in [0.2, 0.25) is 0 Å². The average molecular weight is 427 g/mol.